The Bertz CT molecular complexity index is 1090. The maximum Gasteiger partial charge on any atom is 0.416 e. The number of nitrogens with one attached hydrogen (secondary N) is 1. The highest BCUT2D eigenvalue weighted by molar-refractivity contribution is 5.82. The average Bonchev–Trinajstić information content (AvgIpc) is 3.28. The lowest BCUT2D eigenvalue weighted by Gasteiger charge is -2.17. The molecule has 0 spiro atoms. The van der Waals surface area contributed by atoms with E-state index in [1.807, 2.05) is 0 Å². The molecule has 0 saturated carbocycles. The minimum atomic E-state index is -4.73. The van der Waals surface area contributed by atoms with Crippen molar-refractivity contribution in [2.24, 2.45) is 0 Å². The van der Waals surface area contributed by atoms with Crippen molar-refractivity contribution in [2.45, 2.75) is 37.3 Å². The van der Waals surface area contributed by atoms with E-state index < -0.39 is 60.8 Å². The molecule has 0 radical (unpaired) electrons. The molecular weight excluding hydrogens is 426 g/mol. The molecule has 1 aromatic carbocycles. The number of nitrogens with zero attached hydrogens (tertiary/aromatic N) is 4. The van der Waals surface area contributed by atoms with Gasteiger partial charge in [0.15, 0.2) is 23.2 Å². The maximum atomic E-state index is 14.1. The summed E-state index contributed by atoms with van der Waals surface area (Å²) in [5.41, 5.74) is -1.41. The standard InChI is InChI=1S/C18H17F4N5O4/c19-10-3-1-2-9(18(20,21)22)8(10)4-23-15-12-16(25-6-24-15)27(7-26-12)17-14(30)13(29)11(5-28)31-17/h1-3,6-7,11,13-14,17,28-30H,4-5H2,(H,23,24,25)/t11-,13-,14-,17-/m1/s1. The lowest BCUT2D eigenvalue weighted by molar-refractivity contribution is -0.138. The molecule has 166 valence electrons. The van der Waals surface area contributed by atoms with E-state index >= 15 is 0 Å². The summed E-state index contributed by atoms with van der Waals surface area (Å²) in [6, 6.07) is 2.69. The summed E-state index contributed by atoms with van der Waals surface area (Å²) in [5.74, 6) is -0.989. The Morgan fingerprint density at radius 2 is 1.90 bits per heavy atom. The van der Waals surface area contributed by atoms with E-state index in [1.54, 1.807) is 0 Å². The van der Waals surface area contributed by atoms with Gasteiger partial charge in [0.05, 0.1) is 18.5 Å². The quantitative estimate of drug-likeness (QED) is 0.434. The minimum Gasteiger partial charge on any atom is -0.394 e. The van der Waals surface area contributed by atoms with Gasteiger partial charge in [0.2, 0.25) is 0 Å². The van der Waals surface area contributed by atoms with E-state index in [4.69, 9.17) is 4.74 Å². The molecule has 2 aromatic heterocycles. The highest BCUT2D eigenvalue weighted by atomic mass is 19.4. The zero-order valence-electron chi connectivity index (χ0n) is 15.7. The molecule has 4 atom stereocenters. The maximum absolute atomic E-state index is 14.1. The van der Waals surface area contributed by atoms with Crippen LogP contribution in [0.2, 0.25) is 0 Å². The molecule has 1 aliphatic rings. The molecule has 1 saturated heterocycles. The van der Waals surface area contributed by atoms with Gasteiger partial charge in [-0.15, -0.1) is 0 Å². The van der Waals surface area contributed by atoms with Crippen molar-refractivity contribution in [3.63, 3.8) is 0 Å². The first-order chi connectivity index (χ1) is 14.7. The molecule has 1 fully saturated rings. The molecule has 0 unspecified atom stereocenters. The Morgan fingerprint density at radius 1 is 1.13 bits per heavy atom. The van der Waals surface area contributed by atoms with Crippen molar-refractivity contribution in [1.82, 2.24) is 19.5 Å². The summed E-state index contributed by atoms with van der Waals surface area (Å²) in [4.78, 5) is 12.1. The van der Waals surface area contributed by atoms with Crippen LogP contribution in [0.1, 0.15) is 17.4 Å². The Balaban J connectivity index is 1.64. The normalized spacial score (nSPS) is 24.1. The van der Waals surface area contributed by atoms with E-state index in [1.165, 1.54) is 10.9 Å². The molecule has 31 heavy (non-hydrogen) atoms. The number of imidazole rings is 1. The number of hydrogen-bond acceptors (Lipinski definition) is 8. The zero-order chi connectivity index (χ0) is 22.3. The second kappa shape index (κ2) is 8.00. The molecule has 0 bridgehead atoms. The lowest BCUT2D eigenvalue weighted by atomic mass is 10.1. The first kappa shape index (κ1) is 21.4. The van der Waals surface area contributed by atoms with Crippen LogP contribution >= 0.6 is 0 Å². The average molecular weight is 443 g/mol. The summed E-state index contributed by atoms with van der Waals surface area (Å²) < 4.78 is 60.4. The van der Waals surface area contributed by atoms with Gasteiger partial charge in [-0.2, -0.15) is 13.2 Å². The van der Waals surface area contributed by atoms with Crippen LogP contribution in [-0.4, -0.2) is 59.8 Å². The van der Waals surface area contributed by atoms with Crippen molar-refractivity contribution >= 4 is 17.0 Å². The van der Waals surface area contributed by atoms with E-state index in [0.29, 0.717) is 0 Å². The second-order valence-electron chi connectivity index (χ2n) is 6.89. The van der Waals surface area contributed by atoms with Gasteiger partial charge in [-0.25, -0.2) is 19.3 Å². The third kappa shape index (κ3) is 3.80. The van der Waals surface area contributed by atoms with Gasteiger partial charge in [0.25, 0.3) is 0 Å². The Hall–Kier alpha value is -2.87. The number of alkyl halides is 3. The number of ether oxygens (including phenoxy) is 1. The molecule has 9 nitrogen and oxygen atoms in total. The van der Waals surface area contributed by atoms with Crippen molar-refractivity contribution in [3.8, 4) is 0 Å². The number of hydrogen-bond donors (Lipinski definition) is 4. The lowest BCUT2D eigenvalue weighted by Crippen LogP contribution is -2.33. The molecule has 4 N–H and O–H groups in total. The minimum absolute atomic E-state index is 0.0341. The van der Waals surface area contributed by atoms with Gasteiger partial charge in [-0.05, 0) is 12.1 Å². The summed E-state index contributed by atoms with van der Waals surface area (Å²) in [5, 5.41) is 32.0. The second-order valence-corrected chi connectivity index (χ2v) is 6.89. The number of aliphatic hydroxyl groups excluding tert-OH is 3. The number of aliphatic hydroxyl groups is 3. The number of rotatable bonds is 5. The van der Waals surface area contributed by atoms with Crippen LogP contribution in [0.25, 0.3) is 11.2 Å². The molecule has 1 aliphatic heterocycles. The third-order valence-corrected chi connectivity index (χ3v) is 5.01. The van der Waals surface area contributed by atoms with Gasteiger partial charge in [-0.1, -0.05) is 6.07 Å². The van der Waals surface area contributed by atoms with Crippen molar-refractivity contribution in [3.05, 3.63) is 47.8 Å². The fourth-order valence-electron chi connectivity index (χ4n) is 3.45. The van der Waals surface area contributed by atoms with Crippen molar-refractivity contribution < 1.29 is 37.6 Å². The topological polar surface area (TPSA) is 126 Å². The van der Waals surface area contributed by atoms with Gasteiger partial charge in [0, 0.05) is 12.1 Å². The molecule has 3 heterocycles. The summed E-state index contributed by atoms with van der Waals surface area (Å²) in [6.07, 6.45) is -7.23. The molecule has 4 rings (SSSR count). The van der Waals surface area contributed by atoms with E-state index in [-0.39, 0.29) is 17.0 Å². The number of benzene rings is 1. The monoisotopic (exact) mass is 443 g/mol. The van der Waals surface area contributed by atoms with Crippen LogP contribution in [-0.2, 0) is 17.5 Å². The Labute approximate surface area is 172 Å². The molecule has 0 amide bonds. The van der Waals surface area contributed by atoms with Crippen LogP contribution in [0.3, 0.4) is 0 Å². The largest absolute Gasteiger partial charge is 0.416 e. The molecule has 3 aromatic rings. The van der Waals surface area contributed by atoms with Crippen LogP contribution in [0, 0.1) is 5.82 Å². The molecule has 0 aliphatic carbocycles. The Morgan fingerprint density at radius 3 is 2.58 bits per heavy atom. The first-order valence-electron chi connectivity index (χ1n) is 9.10. The van der Waals surface area contributed by atoms with E-state index in [2.05, 4.69) is 20.3 Å². The number of fused-ring (bicyclic) bond motifs is 1. The highest BCUT2D eigenvalue weighted by Gasteiger charge is 2.44. The molecule has 13 heteroatoms. The number of aromatic nitrogens is 4. The zero-order valence-corrected chi connectivity index (χ0v) is 15.7. The van der Waals surface area contributed by atoms with Gasteiger partial charge >= 0.3 is 6.18 Å². The summed E-state index contributed by atoms with van der Waals surface area (Å²) in [6.45, 7) is -1.04. The number of anilines is 1. The van der Waals surface area contributed by atoms with E-state index in [9.17, 15) is 32.9 Å². The van der Waals surface area contributed by atoms with Crippen molar-refractivity contribution in [1.29, 1.82) is 0 Å². The highest BCUT2D eigenvalue weighted by Crippen LogP contribution is 2.34. The predicted octanol–water partition coefficient (Wildman–Crippen LogP) is 1.21. The van der Waals surface area contributed by atoms with Crippen LogP contribution in [0.5, 0.6) is 0 Å². The fourth-order valence-corrected chi connectivity index (χ4v) is 3.45. The third-order valence-electron chi connectivity index (χ3n) is 5.01. The van der Waals surface area contributed by atoms with Crippen LogP contribution in [0.15, 0.2) is 30.9 Å². The van der Waals surface area contributed by atoms with Gasteiger partial charge in [-0.3, -0.25) is 4.57 Å². The van der Waals surface area contributed by atoms with Crippen LogP contribution in [0.4, 0.5) is 23.4 Å². The van der Waals surface area contributed by atoms with Gasteiger partial charge in [0.1, 0.15) is 30.5 Å². The Kier molecular flexibility index (Phi) is 5.51. The fraction of sp³-hybridized carbons (Fsp3) is 0.389. The predicted molar refractivity (Wildman–Crippen MR) is 97.1 cm³/mol. The summed E-state index contributed by atoms with van der Waals surface area (Å²) in [7, 11) is 0. The first-order valence-corrected chi connectivity index (χ1v) is 9.10. The van der Waals surface area contributed by atoms with Crippen molar-refractivity contribution in [2.75, 3.05) is 11.9 Å². The van der Waals surface area contributed by atoms with Gasteiger partial charge < -0.3 is 25.4 Å². The number of halogens is 4. The molecular formula is C18H17F4N5O4. The summed E-state index contributed by atoms with van der Waals surface area (Å²) >= 11 is 0. The SMILES string of the molecule is OC[C@H]1O[C@@H](n2cnc3c(NCc4c(F)cccc4C(F)(F)F)ncnc32)[C@H](O)[C@@H]1O. The van der Waals surface area contributed by atoms with Crippen LogP contribution < -0.4 is 5.32 Å². The van der Waals surface area contributed by atoms with E-state index in [0.717, 1.165) is 24.5 Å². The smallest absolute Gasteiger partial charge is 0.394 e.